The molecule has 0 saturated carbocycles. The van der Waals surface area contributed by atoms with Gasteiger partial charge in [0.1, 0.15) is 5.82 Å². The van der Waals surface area contributed by atoms with Crippen LogP contribution < -0.4 is 5.32 Å². The molecule has 2 aromatic rings. The number of likely N-dealkylation sites (tertiary alicyclic amines) is 1. The molecule has 0 bridgehead atoms. The predicted molar refractivity (Wildman–Crippen MR) is 121 cm³/mol. The molecule has 1 aromatic carbocycles. The third-order valence-corrected chi connectivity index (χ3v) is 6.12. The van der Waals surface area contributed by atoms with Crippen molar-refractivity contribution in [2.45, 2.75) is 45.7 Å². The lowest BCUT2D eigenvalue weighted by Gasteiger charge is -2.36. The standard InChI is InChI=1S/C23H34N6O2/c1-23(2,3)25-22(31)29-13-11-27(12-14-29)16-20-24-18-15-17(7-8-19(18)26(20)4)21(30)28-9-5-6-10-28/h7-8,15H,5-6,9-14,16H2,1-4H3,(H,25,31). The van der Waals surface area contributed by atoms with Gasteiger partial charge < -0.3 is 19.7 Å². The Labute approximate surface area is 184 Å². The van der Waals surface area contributed by atoms with Crippen molar-refractivity contribution in [3.05, 3.63) is 29.6 Å². The van der Waals surface area contributed by atoms with Crippen LogP contribution in [0.25, 0.3) is 11.0 Å². The van der Waals surface area contributed by atoms with E-state index in [2.05, 4.69) is 14.8 Å². The highest BCUT2D eigenvalue weighted by molar-refractivity contribution is 5.97. The van der Waals surface area contributed by atoms with Crippen molar-refractivity contribution in [1.29, 1.82) is 0 Å². The highest BCUT2D eigenvalue weighted by Gasteiger charge is 2.25. The summed E-state index contributed by atoms with van der Waals surface area (Å²) < 4.78 is 2.11. The lowest BCUT2D eigenvalue weighted by Crippen LogP contribution is -2.54. The molecule has 0 radical (unpaired) electrons. The van der Waals surface area contributed by atoms with Crippen LogP contribution >= 0.6 is 0 Å². The second-order valence-electron chi connectivity index (χ2n) is 9.73. The van der Waals surface area contributed by atoms with Gasteiger partial charge in [-0.05, 0) is 51.8 Å². The van der Waals surface area contributed by atoms with Crippen molar-refractivity contribution in [2.24, 2.45) is 7.05 Å². The van der Waals surface area contributed by atoms with Crippen LogP contribution in [0.3, 0.4) is 0 Å². The summed E-state index contributed by atoms with van der Waals surface area (Å²) in [5.74, 6) is 1.09. The number of amides is 3. The minimum atomic E-state index is -0.226. The first-order chi connectivity index (χ1) is 14.7. The number of fused-ring (bicyclic) bond motifs is 1. The Morgan fingerprint density at radius 1 is 1.00 bits per heavy atom. The quantitative estimate of drug-likeness (QED) is 0.818. The molecule has 2 aliphatic heterocycles. The normalized spacial score (nSPS) is 18.1. The predicted octanol–water partition coefficient (Wildman–Crippen LogP) is 2.44. The number of benzene rings is 1. The highest BCUT2D eigenvalue weighted by Crippen LogP contribution is 2.21. The molecule has 168 valence electrons. The molecule has 2 saturated heterocycles. The Kier molecular flexibility index (Phi) is 5.92. The monoisotopic (exact) mass is 426 g/mol. The molecular weight excluding hydrogens is 392 g/mol. The number of hydrogen-bond donors (Lipinski definition) is 1. The maximum Gasteiger partial charge on any atom is 0.317 e. The van der Waals surface area contributed by atoms with E-state index in [1.807, 2.05) is 55.8 Å². The third-order valence-electron chi connectivity index (χ3n) is 6.12. The first-order valence-electron chi connectivity index (χ1n) is 11.3. The average Bonchev–Trinajstić information content (AvgIpc) is 3.35. The summed E-state index contributed by atoms with van der Waals surface area (Å²) in [4.78, 5) is 36.1. The number of aromatic nitrogens is 2. The first kappa shape index (κ1) is 21.6. The number of hydrogen-bond acceptors (Lipinski definition) is 4. The molecular formula is C23H34N6O2. The number of urea groups is 1. The van der Waals surface area contributed by atoms with E-state index in [0.29, 0.717) is 13.1 Å². The molecule has 0 atom stereocenters. The van der Waals surface area contributed by atoms with Gasteiger partial charge in [-0.1, -0.05) is 0 Å². The van der Waals surface area contributed by atoms with Crippen LogP contribution in [0.2, 0.25) is 0 Å². The van der Waals surface area contributed by atoms with Crippen LogP contribution in [0.5, 0.6) is 0 Å². The second-order valence-corrected chi connectivity index (χ2v) is 9.73. The van der Waals surface area contributed by atoms with Gasteiger partial charge in [0.15, 0.2) is 0 Å². The van der Waals surface area contributed by atoms with Gasteiger partial charge in [-0.3, -0.25) is 9.69 Å². The Balaban J connectivity index is 1.40. The molecule has 0 aliphatic carbocycles. The molecule has 8 nitrogen and oxygen atoms in total. The Bertz CT molecular complexity index is 962. The third kappa shape index (κ3) is 4.84. The maximum atomic E-state index is 12.7. The fraction of sp³-hybridized carbons (Fsp3) is 0.609. The molecule has 4 rings (SSSR count). The van der Waals surface area contributed by atoms with Gasteiger partial charge >= 0.3 is 6.03 Å². The van der Waals surface area contributed by atoms with Crippen LogP contribution in [0, 0.1) is 0 Å². The maximum absolute atomic E-state index is 12.7. The van der Waals surface area contributed by atoms with Gasteiger partial charge in [-0.2, -0.15) is 0 Å². The lowest BCUT2D eigenvalue weighted by atomic mass is 10.1. The first-order valence-corrected chi connectivity index (χ1v) is 11.3. The van der Waals surface area contributed by atoms with Crippen LogP contribution in [0.4, 0.5) is 4.79 Å². The van der Waals surface area contributed by atoms with Gasteiger partial charge in [0.25, 0.3) is 5.91 Å². The summed E-state index contributed by atoms with van der Waals surface area (Å²) in [5, 5.41) is 3.04. The van der Waals surface area contributed by atoms with Crippen molar-refractivity contribution in [1.82, 2.24) is 29.6 Å². The zero-order valence-electron chi connectivity index (χ0n) is 19.1. The smallest absolute Gasteiger partial charge is 0.317 e. The van der Waals surface area contributed by atoms with Gasteiger partial charge in [-0.25, -0.2) is 9.78 Å². The molecule has 31 heavy (non-hydrogen) atoms. The molecule has 2 fully saturated rings. The van der Waals surface area contributed by atoms with Gasteiger partial charge in [0.05, 0.1) is 17.6 Å². The number of imidazole rings is 1. The SMILES string of the molecule is Cn1c(CN2CCN(C(=O)NC(C)(C)C)CC2)nc2cc(C(=O)N3CCCC3)ccc21. The summed E-state index contributed by atoms with van der Waals surface area (Å²) in [6.45, 7) is 11.5. The fourth-order valence-corrected chi connectivity index (χ4v) is 4.34. The Morgan fingerprint density at radius 2 is 1.68 bits per heavy atom. The van der Waals surface area contributed by atoms with E-state index in [4.69, 9.17) is 4.98 Å². The van der Waals surface area contributed by atoms with E-state index in [9.17, 15) is 9.59 Å². The van der Waals surface area contributed by atoms with E-state index in [1.54, 1.807) is 0 Å². The molecule has 3 heterocycles. The Hall–Kier alpha value is -2.61. The second kappa shape index (κ2) is 8.49. The van der Waals surface area contributed by atoms with E-state index >= 15 is 0 Å². The summed E-state index contributed by atoms with van der Waals surface area (Å²) >= 11 is 0. The van der Waals surface area contributed by atoms with Gasteiger partial charge in [-0.15, -0.1) is 0 Å². The number of carbonyl (C=O) groups excluding carboxylic acids is 2. The number of nitrogens with one attached hydrogen (secondary N) is 1. The number of aryl methyl sites for hydroxylation is 1. The molecule has 8 heteroatoms. The lowest BCUT2D eigenvalue weighted by molar-refractivity contribution is 0.0793. The summed E-state index contributed by atoms with van der Waals surface area (Å²) in [5.41, 5.74) is 2.40. The number of piperazine rings is 1. The Morgan fingerprint density at radius 3 is 2.32 bits per heavy atom. The molecule has 3 amide bonds. The minimum Gasteiger partial charge on any atom is -0.339 e. The van der Waals surface area contributed by atoms with Crippen molar-refractivity contribution in [2.75, 3.05) is 39.3 Å². The average molecular weight is 427 g/mol. The van der Waals surface area contributed by atoms with Crippen LogP contribution in [0.1, 0.15) is 49.8 Å². The molecule has 2 aliphatic rings. The molecule has 0 unspecified atom stereocenters. The number of rotatable bonds is 3. The van der Waals surface area contributed by atoms with E-state index in [0.717, 1.165) is 68.0 Å². The molecule has 0 spiro atoms. The van der Waals surface area contributed by atoms with Crippen LogP contribution in [-0.2, 0) is 13.6 Å². The number of nitrogens with zero attached hydrogens (tertiary/aromatic N) is 5. The van der Waals surface area contributed by atoms with E-state index < -0.39 is 0 Å². The number of carbonyl (C=O) groups is 2. The van der Waals surface area contributed by atoms with Gasteiger partial charge in [0, 0.05) is 57.4 Å². The van der Waals surface area contributed by atoms with Crippen molar-refractivity contribution in [3.63, 3.8) is 0 Å². The molecule has 1 N–H and O–H groups in total. The zero-order chi connectivity index (χ0) is 22.2. The van der Waals surface area contributed by atoms with Crippen molar-refractivity contribution >= 4 is 23.0 Å². The largest absolute Gasteiger partial charge is 0.339 e. The summed E-state index contributed by atoms with van der Waals surface area (Å²) in [6, 6.07) is 5.85. The minimum absolute atomic E-state index is 0.00470. The van der Waals surface area contributed by atoms with Crippen molar-refractivity contribution in [3.8, 4) is 0 Å². The van der Waals surface area contributed by atoms with E-state index in [1.165, 1.54) is 0 Å². The highest BCUT2D eigenvalue weighted by atomic mass is 16.2. The molecule has 1 aromatic heterocycles. The van der Waals surface area contributed by atoms with Crippen LogP contribution in [0.15, 0.2) is 18.2 Å². The van der Waals surface area contributed by atoms with Crippen LogP contribution in [-0.4, -0.2) is 81.0 Å². The topological polar surface area (TPSA) is 73.7 Å². The zero-order valence-corrected chi connectivity index (χ0v) is 19.1. The van der Waals surface area contributed by atoms with Gasteiger partial charge in [0.2, 0.25) is 0 Å². The van der Waals surface area contributed by atoms with Crippen molar-refractivity contribution < 1.29 is 9.59 Å². The summed E-state index contributed by atoms with van der Waals surface area (Å²) in [6.07, 6.45) is 2.18. The van der Waals surface area contributed by atoms with E-state index in [-0.39, 0.29) is 17.5 Å². The summed E-state index contributed by atoms with van der Waals surface area (Å²) in [7, 11) is 2.03. The fourth-order valence-electron chi connectivity index (χ4n) is 4.34.